The lowest BCUT2D eigenvalue weighted by atomic mass is 10.1. The second kappa shape index (κ2) is 8.77. The molecule has 0 saturated carbocycles. The Hall–Kier alpha value is -3.03. The number of anilines is 1. The van der Waals surface area contributed by atoms with Crippen LogP contribution in [0.1, 0.15) is 16.5 Å². The largest absolute Gasteiger partial charge is 0.489 e. The van der Waals surface area contributed by atoms with Crippen molar-refractivity contribution < 1.29 is 14.5 Å². The van der Waals surface area contributed by atoms with Crippen molar-refractivity contribution >= 4 is 40.6 Å². The minimum Gasteiger partial charge on any atom is -0.489 e. The van der Waals surface area contributed by atoms with E-state index in [1.54, 1.807) is 40.9 Å². The molecule has 8 heteroatoms. The lowest BCUT2D eigenvalue weighted by Crippen LogP contribution is -2.27. The summed E-state index contributed by atoms with van der Waals surface area (Å²) in [4.78, 5) is 24.5. The topological polar surface area (TPSA) is 72.7 Å². The van der Waals surface area contributed by atoms with E-state index in [0.29, 0.717) is 23.1 Å². The highest BCUT2D eigenvalue weighted by Gasteiger charge is 2.33. The Bertz CT molecular complexity index is 1060. The van der Waals surface area contributed by atoms with E-state index in [2.05, 4.69) is 0 Å². The fraction of sp³-hybridized carbons (Fsp3) is 0.136. The monoisotopic (exact) mass is 440 g/mol. The van der Waals surface area contributed by atoms with Crippen LogP contribution in [0.25, 0.3) is 0 Å². The summed E-state index contributed by atoms with van der Waals surface area (Å²) in [5, 5.41) is 11.2. The lowest BCUT2D eigenvalue weighted by Gasteiger charge is -2.24. The van der Waals surface area contributed by atoms with E-state index in [1.165, 1.54) is 12.1 Å². The number of thioether (sulfide) groups is 1. The van der Waals surface area contributed by atoms with Crippen LogP contribution < -0.4 is 9.64 Å². The van der Waals surface area contributed by atoms with Crippen molar-refractivity contribution in [1.29, 1.82) is 0 Å². The third-order valence-electron chi connectivity index (χ3n) is 4.69. The number of ether oxygens (including phenoxy) is 1. The molecule has 0 N–H and O–H groups in total. The number of carbonyl (C=O) groups excluding carboxylic acids is 1. The number of hydrogen-bond acceptors (Lipinski definition) is 5. The molecular formula is C22H17ClN2O4S. The van der Waals surface area contributed by atoms with E-state index in [4.69, 9.17) is 16.3 Å². The van der Waals surface area contributed by atoms with Crippen molar-refractivity contribution in [2.24, 2.45) is 0 Å². The highest BCUT2D eigenvalue weighted by molar-refractivity contribution is 8.00. The van der Waals surface area contributed by atoms with Gasteiger partial charge >= 0.3 is 0 Å². The van der Waals surface area contributed by atoms with Gasteiger partial charge in [-0.1, -0.05) is 23.7 Å². The first-order valence-electron chi connectivity index (χ1n) is 9.16. The molecule has 3 aromatic carbocycles. The summed E-state index contributed by atoms with van der Waals surface area (Å²) < 4.78 is 5.78. The van der Waals surface area contributed by atoms with Crippen LogP contribution in [0.15, 0.2) is 72.8 Å². The van der Waals surface area contributed by atoms with E-state index < -0.39 is 4.92 Å². The number of hydrogen-bond donors (Lipinski definition) is 0. The molecule has 4 rings (SSSR count). The zero-order chi connectivity index (χ0) is 21.1. The molecule has 0 unspecified atom stereocenters. The summed E-state index contributed by atoms with van der Waals surface area (Å²) in [6, 6.07) is 21.2. The third-order valence-corrected chi connectivity index (χ3v) is 6.15. The van der Waals surface area contributed by atoms with Crippen molar-refractivity contribution in [3.8, 4) is 5.75 Å². The van der Waals surface area contributed by atoms with Crippen LogP contribution in [-0.4, -0.2) is 16.6 Å². The molecular weight excluding hydrogens is 424 g/mol. The third kappa shape index (κ3) is 4.42. The van der Waals surface area contributed by atoms with Crippen molar-refractivity contribution in [2.75, 3.05) is 10.7 Å². The zero-order valence-corrected chi connectivity index (χ0v) is 17.3. The first kappa shape index (κ1) is 20.3. The summed E-state index contributed by atoms with van der Waals surface area (Å²) in [6.45, 7) is 0.310. The average Bonchev–Trinajstić information content (AvgIpc) is 3.15. The van der Waals surface area contributed by atoms with Crippen LogP contribution >= 0.6 is 23.4 Å². The second-order valence-electron chi connectivity index (χ2n) is 6.68. The zero-order valence-electron chi connectivity index (χ0n) is 15.7. The van der Waals surface area contributed by atoms with Crippen LogP contribution in [0.5, 0.6) is 5.75 Å². The van der Waals surface area contributed by atoms with Crippen LogP contribution in [0.2, 0.25) is 5.02 Å². The van der Waals surface area contributed by atoms with Crippen molar-refractivity contribution in [1.82, 2.24) is 0 Å². The first-order chi connectivity index (χ1) is 14.5. The number of carbonyl (C=O) groups is 1. The molecule has 1 amide bonds. The fourth-order valence-electron chi connectivity index (χ4n) is 3.16. The van der Waals surface area contributed by atoms with Gasteiger partial charge in [0.05, 0.1) is 10.7 Å². The maximum atomic E-state index is 12.4. The number of rotatable bonds is 6. The van der Waals surface area contributed by atoms with Crippen LogP contribution in [-0.2, 0) is 11.4 Å². The van der Waals surface area contributed by atoms with E-state index >= 15 is 0 Å². The van der Waals surface area contributed by atoms with Gasteiger partial charge < -0.3 is 4.74 Å². The van der Waals surface area contributed by atoms with Crippen molar-refractivity contribution in [3.05, 3.63) is 99.1 Å². The number of halogens is 1. The van der Waals surface area contributed by atoms with Crippen LogP contribution in [0, 0.1) is 10.1 Å². The highest BCUT2D eigenvalue weighted by Crippen LogP contribution is 2.42. The maximum Gasteiger partial charge on any atom is 0.269 e. The molecule has 1 atom stereocenters. The Labute approximate surface area is 182 Å². The van der Waals surface area contributed by atoms with Crippen LogP contribution in [0.3, 0.4) is 0 Å². The number of non-ortho nitro benzene ring substituents is 1. The van der Waals surface area contributed by atoms with Gasteiger partial charge in [-0.25, -0.2) is 0 Å². The Kier molecular flexibility index (Phi) is 5.92. The van der Waals surface area contributed by atoms with Gasteiger partial charge in [-0.2, -0.15) is 0 Å². The quantitative estimate of drug-likeness (QED) is 0.368. The smallest absolute Gasteiger partial charge is 0.269 e. The molecule has 1 fully saturated rings. The van der Waals surface area contributed by atoms with Crippen LogP contribution in [0.4, 0.5) is 11.4 Å². The van der Waals surface area contributed by atoms with Gasteiger partial charge in [-0.15, -0.1) is 11.8 Å². The van der Waals surface area contributed by atoms with Gasteiger partial charge in [0, 0.05) is 22.8 Å². The van der Waals surface area contributed by atoms with Gasteiger partial charge in [0.2, 0.25) is 5.91 Å². The van der Waals surface area contributed by atoms with E-state index in [0.717, 1.165) is 16.8 Å². The van der Waals surface area contributed by atoms with Gasteiger partial charge in [-0.05, 0) is 59.7 Å². The van der Waals surface area contributed by atoms with Gasteiger partial charge in [0.1, 0.15) is 17.7 Å². The fourth-order valence-corrected chi connectivity index (χ4v) is 4.46. The first-order valence-corrected chi connectivity index (χ1v) is 10.6. The van der Waals surface area contributed by atoms with Gasteiger partial charge in [0.25, 0.3) is 5.69 Å². The molecule has 0 aromatic heterocycles. The Morgan fingerprint density at radius 3 is 2.33 bits per heavy atom. The SMILES string of the molecule is O=C1CS[C@H](c2ccc(OCc3ccc([N+](=O)[O-])cc3)cc2)N1c1ccc(Cl)cc1. The standard InChI is InChI=1S/C22H17ClN2O4S/c23-17-5-9-18(10-6-17)24-21(26)14-30-22(24)16-3-11-20(12-4-16)29-13-15-1-7-19(8-2-15)25(27)28/h1-12,22H,13-14H2/t22-/m1/s1. The van der Waals surface area contributed by atoms with E-state index in [9.17, 15) is 14.9 Å². The minimum atomic E-state index is -0.428. The average molecular weight is 441 g/mol. The minimum absolute atomic E-state index is 0.0527. The Balaban J connectivity index is 1.44. The highest BCUT2D eigenvalue weighted by atomic mass is 35.5. The Morgan fingerprint density at radius 2 is 1.70 bits per heavy atom. The molecule has 152 valence electrons. The Morgan fingerprint density at radius 1 is 1.03 bits per heavy atom. The molecule has 0 radical (unpaired) electrons. The maximum absolute atomic E-state index is 12.4. The summed E-state index contributed by atoms with van der Waals surface area (Å²) in [6.07, 6.45) is 0. The molecule has 0 bridgehead atoms. The number of nitrogens with zero attached hydrogens (tertiary/aromatic N) is 2. The number of benzene rings is 3. The predicted octanol–water partition coefficient (Wildman–Crippen LogP) is 5.61. The van der Waals surface area contributed by atoms with Gasteiger partial charge in [0.15, 0.2) is 0 Å². The number of nitro benzene ring substituents is 1. The second-order valence-corrected chi connectivity index (χ2v) is 8.19. The summed E-state index contributed by atoms with van der Waals surface area (Å²) in [5.74, 6) is 1.17. The summed E-state index contributed by atoms with van der Waals surface area (Å²) >= 11 is 7.55. The summed E-state index contributed by atoms with van der Waals surface area (Å²) in [5.41, 5.74) is 2.72. The predicted molar refractivity (Wildman–Crippen MR) is 118 cm³/mol. The normalized spacial score (nSPS) is 16.0. The molecule has 1 aliphatic heterocycles. The molecule has 3 aromatic rings. The molecule has 30 heavy (non-hydrogen) atoms. The lowest BCUT2D eigenvalue weighted by molar-refractivity contribution is -0.384. The number of nitro groups is 1. The molecule has 0 spiro atoms. The molecule has 1 aliphatic rings. The molecule has 1 saturated heterocycles. The summed E-state index contributed by atoms with van der Waals surface area (Å²) in [7, 11) is 0. The van der Waals surface area contributed by atoms with Gasteiger partial charge in [-0.3, -0.25) is 19.8 Å². The molecule has 1 heterocycles. The van der Waals surface area contributed by atoms with E-state index in [1.807, 2.05) is 36.4 Å². The van der Waals surface area contributed by atoms with Crippen molar-refractivity contribution in [2.45, 2.75) is 12.0 Å². The molecule has 6 nitrogen and oxygen atoms in total. The molecule has 0 aliphatic carbocycles. The van der Waals surface area contributed by atoms with Crippen molar-refractivity contribution in [3.63, 3.8) is 0 Å². The van der Waals surface area contributed by atoms with E-state index in [-0.39, 0.29) is 17.0 Å². The number of amides is 1.